The van der Waals surface area contributed by atoms with Gasteiger partial charge in [0.1, 0.15) is 11.0 Å². The van der Waals surface area contributed by atoms with Crippen LogP contribution >= 0.6 is 22.9 Å². The molecular weight excluding hydrogens is 275 g/mol. The fourth-order valence-corrected chi connectivity index (χ4v) is 2.64. The average molecular weight is 287 g/mol. The van der Waals surface area contributed by atoms with Gasteiger partial charge in [-0.25, -0.2) is 9.37 Å². The van der Waals surface area contributed by atoms with Crippen molar-refractivity contribution in [1.29, 1.82) is 0 Å². The van der Waals surface area contributed by atoms with Gasteiger partial charge in [0, 0.05) is 13.6 Å². The van der Waals surface area contributed by atoms with Crippen LogP contribution in [0.1, 0.15) is 10.4 Å². The number of aliphatic hydroxyl groups is 1. The summed E-state index contributed by atoms with van der Waals surface area (Å²) in [6, 6.07) is 6.42. The van der Waals surface area contributed by atoms with E-state index in [1.165, 1.54) is 23.5 Å². The summed E-state index contributed by atoms with van der Waals surface area (Å²) < 4.78 is 13.1. The molecule has 0 aliphatic carbocycles. The summed E-state index contributed by atoms with van der Waals surface area (Å²) in [4.78, 5) is 6.66. The Morgan fingerprint density at radius 1 is 1.50 bits per heavy atom. The summed E-state index contributed by atoms with van der Waals surface area (Å²) in [7, 11) is 1.85. The first kappa shape index (κ1) is 13.3. The number of thiazole rings is 1. The molecule has 0 aliphatic heterocycles. The molecule has 0 spiro atoms. The molecule has 3 nitrogen and oxygen atoms in total. The molecule has 0 fully saturated rings. The fraction of sp³-hybridized carbons (Fsp3) is 0.250. The number of hydrogen-bond donors (Lipinski definition) is 1. The monoisotopic (exact) mass is 286 g/mol. The summed E-state index contributed by atoms with van der Waals surface area (Å²) >= 11 is 7.20. The molecule has 0 amide bonds. The van der Waals surface area contributed by atoms with Gasteiger partial charge in [-0.05, 0) is 17.7 Å². The van der Waals surface area contributed by atoms with E-state index in [-0.39, 0.29) is 12.4 Å². The van der Waals surface area contributed by atoms with Crippen molar-refractivity contribution in [3.63, 3.8) is 0 Å². The zero-order valence-electron chi connectivity index (χ0n) is 9.73. The van der Waals surface area contributed by atoms with Gasteiger partial charge < -0.3 is 10.0 Å². The molecule has 96 valence electrons. The van der Waals surface area contributed by atoms with Crippen molar-refractivity contribution in [1.82, 2.24) is 4.98 Å². The van der Waals surface area contributed by atoms with Gasteiger partial charge in [0.05, 0.1) is 11.5 Å². The number of nitrogens with zero attached hydrogens (tertiary/aromatic N) is 2. The summed E-state index contributed by atoms with van der Waals surface area (Å²) in [6.45, 7) is 0.413. The third-order valence-electron chi connectivity index (χ3n) is 2.42. The van der Waals surface area contributed by atoms with Gasteiger partial charge in [-0.3, -0.25) is 0 Å². The maximum absolute atomic E-state index is 13.1. The number of rotatable bonds is 4. The molecule has 18 heavy (non-hydrogen) atoms. The van der Waals surface area contributed by atoms with Gasteiger partial charge >= 0.3 is 0 Å². The predicted molar refractivity (Wildman–Crippen MR) is 71.6 cm³/mol. The Balaban J connectivity index is 2.13. The lowest BCUT2D eigenvalue weighted by atomic mass is 10.2. The molecule has 2 rings (SSSR count). The van der Waals surface area contributed by atoms with E-state index >= 15 is 0 Å². The Kier molecular flexibility index (Phi) is 4.16. The average Bonchev–Trinajstić information content (AvgIpc) is 2.70. The second-order valence-corrected chi connectivity index (χ2v) is 5.27. The molecule has 2 aromatic rings. The first-order valence-electron chi connectivity index (χ1n) is 5.32. The van der Waals surface area contributed by atoms with E-state index in [4.69, 9.17) is 16.7 Å². The van der Waals surface area contributed by atoms with E-state index in [0.717, 1.165) is 5.56 Å². The van der Waals surface area contributed by atoms with Crippen molar-refractivity contribution in [2.24, 2.45) is 0 Å². The van der Waals surface area contributed by atoms with Crippen LogP contribution in [-0.2, 0) is 13.2 Å². The zero-order chi connectivity index (χ0) is 13.1. The normalized spacial score (nSPS) is 10.7. The molecule has 6 heteroatoms. The van der Waals surface area contributed by atoms with E-state index in [1.807, 2.05) is 18.0 Å². The lowest BCUT2D eigenvalue weighted by molar-refractivity contribution is 0.285. The molecule has 1 N–H and O–H groups in total. The highest BCUT2D eigenvalue weighted by atomic mass is 35.5. The second kappa shape index (κ2) is 5.65. The summed E-state index contributed by atoms with van der Waals surface area (Å²) in [5.74, 6) is -0.255. The topological polar surface area (TPSA) is 36.4 Å². The molecule has 0 atom stereocenters. The van der Waals surface area contributed by atoms with Gasteiger partial charge in [0.15, 0.2) is 5.13 Å². The van der Waals surface area contributed by atoms with Gasteiger partial charge in [-0.15, -0.1) is 0 Å². The van der Waals surface area contributed by atoms with E-state index in [0.29, 0.717) is 21.7 Å². The van der Waals surface area contributed by atoms with Crippen LogP contribution in [0.5, 0.6) is 0 Å². The van der Waals surface area contributed by atoms with E-state index in [2.05, 4.69) is 4.98 Å². The van der Waals surface area contributed by atoms with Crippen LogP contribution in [0.15, 0.2) is 24.3 Å². The van der Waals surface area contributed by atoms with Gasteiger partial charge in [0.2, 0.25) is 0 Å². The molecule has 1 heterocycles. The Hall–Kier alpha value is -1.17. The zero-order valence-corrected chi connectivity index (χ0v) is 11.3. The molecule has 0 bridgehead atoms. The van der Waals surface area contributed by atoms with Crippen molar-refractivity contribution in [2.75, 3.05) is 11.9 Å². The highest BCUT2D eigenvalue weighted by Crippen LogP contribution is 2.29. The standard InChI is InChI=1S/C12H12ClFN2OS/c1-16(6-8-3-2-4-9(14)5-8)12-15-11(13)10(7-17)18-12/h2-5,17H,6-7H2,1H3. The van der Waals surface area contributed by atoms with Crippen molar-refractivity contribution in [3.8, 4) is 0 Å². The SMILES string of the molecule is CN(Cc1cccc(F)c1)c1nc(Cl)c(CO)s1. The maximum Gasteiger partial charge on any atom is 0.187 e. The van der Waals surface area contributed by atoms with Crippen LogP contribution in [0.25, 0.3) is 0 Å². The number of hydrogen-bond acceptors (Lipinski definition) is 4. The van der Waals surface area contributed by atoms with E-state index in [1.54, 1.807) is 6.07 Å². The highest BCUT2D eigenvalue weighted by Gasteiger charge is 2.12. The van der Waals surface area contributed by atoms with Gasteiger partial charge in [0.25, 0.3) is 0 Å². The van der Waals surface area contributed by atoms with Crippen LogP contribution in [0.2, 0.25) is 5.15 Å². The van der Waals surface area contributed by atoms with Gasteiger partial charge in [-0.2, -0.15) is 0 Å². The largest absolute Gasteiger partial charge is 0.391 e. The molecular formula is C12H12ClFN2OS. The number of halogens is 2. The van der Waals surface area contributed by atoms with Crippen LogP contribution in [0, 0.1) is 5.82 Å². The Bertz CT molecular complexity index is 547. The van der Waals surface area contributed by atoms with E-state index in [9.17, 15) is 4.39 Å². The van der Waals surface area contributed by atoms with Crippen molar-refractivity contribution >= 4 is 28.1 Å². The van der Waals surface area contributed by atoms with Gasteiger partial charge in [-0.1, -0.05) is 35.1 Å². The maximum atomic E-state index is 13.1. The number of aromatic nitrogens is 1. The summed E-state index contributed by atoms with van der Waals surface area (Å²) in [6.07, 6.45) is 0. The van der Waals surface area contributed by atoms with Crippen molar-refractivity contribution < 1.29 is 9.50 Å². The lowest BCUT2D eigenvalue weighted by Gasteiger charge is -2.15. The molecule has 1 aromatic heterocycles. The molecule has 0 aliphatic rings. The first-order valence-corrected chi connectivity index (χ1v) is 6.51. The minimum Gasteiger partial charge on any atom is -0.391 e. The third kappa shape index (κ3) is 2.98. The van der Waals surface area contributed by atoms with Crippen molar-refractivity contribution in [2.45, 2.75) is 13.2 Å². The number of aliphatic hydroxyl groups excluding tert-OH is 1. The molecule has 1 aromatic carbocycles. The number of anilines is 1. The lowest BCUT2D eigenvalue weighted by Crippen LogP contribution is -2.16. The van der Waals surface area contributed by atoms with E-state index < -0.39 is 0 Å². The smallest absolute Gasteiger partial charge is 0.187 e. The predicted octanol–water partition coefficient (Wildman–Crippen LogP) is 3.06. The van der Waals surface area contributed by atoms with Crippen LogP contribution in [0.4, 0.5) is 9.52 Å². The second-order valence-electron chi connectivity index (χ2n) is 3.85. The minimum absolute atomic E-state index is 0.121. The fourth-order valence-electron chi connectivity index (χ4n) is 1.56. The Morgan fingerprint density at radius 2 is 2.28 bits per heavy atom. The molecule has 0 radical (unpaired) electrons. The molecule has 0 unspecified atom stereocenters. The summed E-state index contributed by atoms with van der Waals surface area (Å²) in [5, 5.41) is 10.1. The van der Waals surface area contributed by atoms with Crippen LogP contribution in [0.3, 0.4) is 0 Å². The third-order valence-corrected chi connectivity index (χ3v) is 4.00. The first-order chi connectivity index (χ1) is 8.60. The Morgan fingerprint density at radius 3 is 2.89 bits per heavy atom. The van der Waals surface area contributed by atoms with Crippen molar-refractivity contribution in [3.05, 3.63) is 45.7 Å². The Labute approximate surface area is 113 Å². The summed E-state index contributed by atoms with van der Waals surface area (Å²) in [5.41, 5.74) is 0.856. The molecule has 0 saturated heterocycles. The molecule has 0 saturated carbocycles. The quantitative estimate of drug-likeness (QED) is 0.938. The minimum atomic E-state index is -0.255. The van der Waals surface area contributed by atoms with Crippen LogP contribution < -0.4 is 4.90 Å². The number of benzene rings is 1. The van der Waals surface area contributed by atoms with Crippen LogP contribution in [-0.4, -0.2) is 17.1 Å². The highest BCUT2D eigenvalue weighted by molar-refractivity contribution is 7.16.